The molecular weight excluding hydrogens is 238 g/mol. The molecule has 19 heavy (non-hydrogen) atoms. The summed E-state index contributed by atoms with van der Waals surface area (Å²) in [6.45, 7) is 5.73. The summed E-state index contributed by atoms with van der Waals surface area (Å²) in [5.74, 6) is 1.32. The quantitative estimate of drug-likeness (QED) is 0.778. The third-order valence-corrected chi connectivity index (χ3v) is 5.06. The number of hydrogen-bond donors (Lipinski definition) is 1. The van der Waals surface area contributed by atoms with E-state index in [4.69, 9.17) is 5.11 Å². The second kappa shape index (κ2) is 6.85. The van der Waals surface area contributed by atoms with E-state index in [1.54, 1.807) is 0 Å². The Balaban J connectivity index is 1.92. The van der Waals surface area contributed by atoms with Crippen molar-refractivity contribution in [1.82, 2.24) is 4.90 Å². The minimum Gasteiger partial charge on any atom is -0.396 e. The van der Waals surface area contributed by atoms with Crippen molar-refractivity contribution in [2.45, 2.75) is 51.9 Å². The minimum absolute atomic E-state index is 0.0846. The van der Waals surface area contributed by atoms with Crippen molar-refractivity contribution in [2.75, 3.05) is 26.2 Å². The predicted octanol–water partition coefficient (Wildman–Crippen LogP) is 2.48. The largest absolute Gasteiger partial charge is 0.396 e. The van der Waals surface area contributed by atoms with Crippen LogP contribution in [0.3, 0.4) is 0 Å². The highest BCUT2D eigenvalue weighted by molar-refractivity contribution is 5.60. The van der Waals surface area contributed by atoms with Crippen LogP contribution in [-0.4, -0.2) is 42.5 Å². The first kappa shape index (κ1) is 15.0. The number of aliphatic hydroxyl groups excluding tert-OH is 1. The zero-order valence-electron chi connectivity index (χ0n) is 12.3. The first-order valence-electron chi connectivity index (χ1n) is 7.97. The van der Waals surface area contributed by atoms with E-state index in [-0.39, 0.29) is 5.41 Å². The topological polar surface area (TPSA) is 40.5 Å². The maximum absolute atomic E-state index is 11.6. The minimum atomic E-state index is -0.0846. The fourth-order valence-electron chi connectivity index (χ4n) is 4.15. The molecule has 1 N–H and O–H groups in total. The Morgan fingerprint density at radius 1 is 1.37 bits per heavy atom. The van der Waals surface area contributed by atoms with Gasteiger partial charge >= 0.3 is 0 Å². The zero-order chi connectivity index (χ0) is 13.7. The third-order valence-electron chi connectivity index (χ3n) is 5.06. The highest BCUT2D eigenvalue weighted by atomic mass is 16.3. The van der Waals surface area contributed by atoms with Crippen LogP contribution in [0, 0.1) is 17.3 Å². The van der Waals surface area contributed by atoms with Gasteiger partial charge in [-0.05, 0) is 50.5 Å². The summed E-state index contributed by atoms with van der Waals surface area (Å²) in [4.78, 5) is 14.1. The molecule has 0 spiro atoms. The van der Waals surface area contributed by atoms with Crippen molar-refractivity contribution in [3.05, 3.63) is 0 Å². The summed E-state index contributed by atoms with van der Waals surface area (Å²) in [5, 5.41) is 9.08. The molecule has 0 amide bonds. The average molecular weight is 267 g/mol. The summed E-state index contributed by atoms with van der Waals surface area (Å²) < 4.78 is 0. The lowest BCUT2D eigenvalue weighted by Crippen LogP contribution is -2.45. The third kappa shape index (κ3) is 4.03. The van der Waals surface area contributed by atoms with Crippen molar-refractivity contribution in [1.29, 1.82) is 0 Å². The van der Waals surface area contributed by atoms with Crippen LogP contribution in [0.1, 0.15) is 51.9 Å². The van der Waals surface area contributed by atoms with Crippen molar-refractivity contribution in [2.24, 2.45) is 17.3 Å². The number of aliphatic hydroxyl groups is 1. The summed E-state index contributed by atoms with van der Waals surface area (Å²) in [6.07, 6.45) is 9.24. The van der Waals surface area contributed by atoms with E-state index in [2.05, 4.69) is 11.8 Å². The van der Waals surface area contributed by atoms with E-state index in [0.29, 0.717) is 18.4 Å². The normalized spacial score (nSPS) is 37.2. The number of hydrogen-bond acceptors (Lipinski definition) is 3. The van der Waals surface area contributed by atoms with Crippen molar-refractivity contribution >= 4 is 6.29 Å². The van der Waals surface area contributed by atoms with Crippen LogP contribution >= 0.6 is 0 Å². The molecule has 1 aliphatic heterocycles. The van der Waals surface area contributed by atoms with Crippen molar-refractivity contribution < 1.29 is 9.90 Å². The van der Waals surface area contributed by atoms with Gasteiger partial charge in [0.15, 0.2) is 0 Å². The van der Waals surface area contributed by atoms with Gasteiger partial charge in [0.1, 0.15) is 6.29 Å². The second-order valence-corrected chi connectivity index (χ2v) is 6.94. The highest BCUT2D eigenvalue weighted by Gasteiger charge is 2.37. The molecule has 2 fully saturated rings. The van der Waals surface area contributed by atoms with E-state index in [9.17, 15) is 4.79 Å². The first-order chi connectivity index (χ1) is 9.17. The van der Waals surface area contributed by atoms with Crippen LogP contribution in [0.15, 0.2) is 0 Å². The van der Waals surface area contributed by atoms with Gasteiger partial charge in [0.25, 0.3) is 0 Å². The molecule has 0 aromatic rings. The Morgan fingerprint density at radius 2 is 2.21 bits per heavy atom. The van der Waals surface area contributed by atoms with Gasteiger partial charge in [-0.1, -0.05) is 19.8 Å². The van der Waals surface area contributed by atoms with Crippen LogP contribution in [0.25, 0.3) is 0 Å². The molecule has 0 aromatic carbocycles. The lowest BCUT2D eigenvalue weighted by molar-refractivity contribution is -0.120. The fraction of sp³-hybridized carbons (Fsp3) is 0.938. The molecule has 3 atom stereocenters. The molecule has 1 heterocycles. The van der Waals surface area contributed by atoms with Gasteiger partial charge in [0, 0.05) is 25.1 Å². The SMILES string of the molecule is CC1CCCC(C=O)(CN2CCCC(CCO)C2)C1. The van der Waals surface area contributed by atoms with Crippen LogP contribution in [0.4, 0.5) is 0 Å². The van der Waals surface area contributed by atoms with Crippen LogP contribution < -0.4 is 0 Å². The lowest BCUT2D eigenvalue weighted by Gasteiger charge is -2.42. The Kier molecular flexibility index (Phi) is 5.40. The molecular formula is C16H29NO2. The fourth-order valence-corrected chi connectivity index (χ4v) is 4.15. The van der Waals surface area contributed by atoms with E-state index in [1.807, 2.05) is 0 Å². The Morgan fingerprint density at radius 3 is 2.89 bits per heavy atom. The number of carbonyl (C=O) groups is 1. The first-order valence-corrected chi connectivity index (χ1v) is 7.97. The zero-order valence-corrected chi connectivity index (χ0v) is 12.3. The van der Waals surface area contributed by atoms with Crippen LogP contribution in [0.2, 0.25) is 0 Å². The lowest BCUT2D eigenvalue weighted by atomic mass is 9.70. The van der Waals surface area contributed by atoms with Crippen molar-refractivity contribution in [3.8, 4) is 0 Å². The molecule has 110 valence electrons. The average Bonchev–Trinajstić information content (AvgIpc) is 2.39. The summed E-state index contributed by atoms with van der Waals surface area (Å²) in [5.41, 5.74) is -0.0846. The highest BCUT2D eigenvalue weighted by Crippen LogP contribution is 2.39. The van der Waals surface area contributed by atoms with Gasteiger partial charge in [-0.3, -0.25) is 0 Å². The maximum Gasteiger partial charge on any atom is 0.127 e. The van der Waals surface area contributed by atoms with Gasteiger partial charge in [-0.2, -0.15) is 0 Å². The molecule has 3 unspecified atom stereocenters. The number of nitrogens with zero attached hydrogens (tertiary/aromatic N) is 1. The Labute approximate surface area is 117 Å². The molecule has 1 saturated heterocycles. The summed E-state index contributed by atoms with van der Waals surface area (Å²) in [6, 6.07) is 0. The van der Waals surface area contributed by atoms with Gasteiger partial charge in [0.05, 0.1) is 0 Å². The summed E-state index contributed by atoms with van der Waals surface area (Å²) in [7, 11) is 0. The van der Waals surface area contributed by atoms with E-state index in [1.165, 1.54) is 32.0 Å². The van der Waals surface area contributed by atoms with Crippen LogP contribution in [-0.2, 0) is 4.79 Å². The monoisotopic (exact) mass is 267 g/mol. The maximum atomic E-state index is 11.6. The predicted molar refractivity (Wildman–Crippen MR) is 77.0 cm³/mol. The molecule has 1 aliphatic carbocycles. The number of aldehydes is 1. The molecule has 0 radical (unpaired) electrons. The molecule has 3 heteroatoms. The summed E-state index contributed by atoms with van der Waals surface area (Å²) >= 11 is 0. The van der Waals surface area contributed by atoms with E-state index >= 15 is 0 Å². The van der Waals surface area contributed by atoms with Gasteiger partial charge in [-0.15, -0.1) is 0 Å². The van der Waals surface area contributed by atoms with Gasteiger partial charge < -0.3 is 14.8 Å². The second-order valence-electron chi connectivity index (χ2n) is 6.94. The number of likely N-dealkylation sites (tertiary alicyclic amines) is 1. The molecule has 2 aliphatic rings. The number of rotatable bonds is 5. The smallest absolute Gasteiger partial charge is 0.127 e. The van der Waals surface area contributed by atoms with Gasteiger partial charge in [-0.25, -0.2) is 0 Å². The standard InChI is InChI=1S/C16H29NO2/c1-14-4-2-7-16(10-14,13-19)12-17-8-3-5-15(11-17)6-9-18/h13-15,18H,2-12H2,1H3. The number of carbonyl (C=O) groups excluding carboxylic acids is 1. The van der Waals surface area contributed by atoms with E-state index in [0.717, 1.165) is 38.9 Å². The molecule has 1 saturated carbocycles. The number of piperidine rings is 1. The van der Waals surface area contributed by atoms with Crippen molar-refractivity contribution in [3.63, 3.8) is 0 Å². The molecule has 0 bridgehead atoms. The van der Waals surface area contributed by atoms with E-state index < -0.39 is 0 Å². The Hall–Kier alpha value is -0.410. The van der Waals surface area contributed by atoms with Crippen LogP contribution in [0.5, 0.6) is 0 Å². The molecule has 0 aromatic heterocycles. The molecule has 2 rings (SSSR count). The van der Waals surface area contributed by atoms with Gasteiger partial charge in [0.2, 0.25) is 0 Å². The molecule has 3 nitrogen and oxygen atoms in total. The Bertz CT molecular complexity index is 292.